The Bertz CT molecular complexity index is 497. The number of nitrogens with zero attached hydrogens (tertiary/aromatic N) is 1. The van der Waals surface area contributed by atoms with Crippen molar-refractivity contribution in [3.63, 3.8) is 0 Å². The Balaban J connectivity index is 3.22. The van der Waals surface area contributed by atoms with E-state index in [1.54, 1.807) is 0 Å². The molecule has 1 heterocycles. The lowest BCUT2D eigenvalue weighted by molar-refractivity contribution is -0.300. The summed E-state index contributed by atoms with van der Waals surface area (Å²) in [5.74, 6) is -4.74. The summed E-state index contributed by atoms with van der Waals surface area (Å²) in [6, 6.07) is 0.189. The average molecular weight is 307 g/mol. The summed E-state index contributed by atoms with van der Waals surface area (Å²) >= 11 is 0. The van der Waals surface area contributed by atoms with Gasteiger partial charge < -0.3 is 9.84 Å². The minimum absolute atomic E-state index is 0.189. The normalized spacial score (nSPS) is 12.6. The first-order chi connectivity index (χ1) is 8.93. The van der Waals surface area contributed by atoms with E-state index in [0.29, 0.717) is 0 Å². The highest BCUT2D eigenvalue weighted by molar-refractivity contribution is 5.90. The quantitative estimate of drug-likeness (QED) is 0.872. The van der Waals surface area contributed by atoms with Crippen LogP contribution < -0.4 is 4.74 Å². The molecule has 4 nitrogen and oxygen atoms in total. The molecular weight excluding hydrogens is 303 g/mol. The number of hydrogen-bond donors (Lipinski definition) is 1. The van der Waals surface area contributed by atoms with Gasteiger partial charge >= 0.3 is 18.3 Å². The minimum atomic E-state index is -5.84. The topological polar surface area (TPSA) is 59.4 Å². The molecule has 0 radical (unpaired) electrons. The molecule has 0 fully saturated rings. The van der Waals surface area contributed by atoms with Crippen LogP contribution in [0.15, 0.2) is 12.3 Å². The first-order valence-electron chi connectivity index (χ1n) is 4.62. The molecule has 1 N–H and O–H groups in total. The van der Waals surface area contributed by atoms with Gasteiger partial charge in [0.25, 0.3) is 6.10 Å². The molecule has 0 aromatic carbocycles. The van der Waals surface area contributed by atoms with Crippen LogP contribution in [0.4, 0.5) is 30.7 Å². The lowest BCUT2D eigenvalue weighted by Crippen LogP contribution is -2.47. The van der Waals surface area contributed by atoms with Crippen molar-refractivity contribution in [3.05, 3.63) is 23.6 Å². The average Bonchev–Trinajstić information content (AvgIpc) is 2.23. The summed E-state index contributed by atoms with van der Waals surface area (Å²) in [6.45, 7) is 0. The maximum atomic E-state index is 12.7. The highest BCUT2D eigenvalue weighted by Crippen LogP contribution is 2.36. The second-order valence-electron chi connectivity index (χ2n) is 3.39. The Labute approximate surface area is 105 Å². The highest BCUT2D eigenvalue weighted by Gasteiger charge is 2.59. The van der Waals surface area contributed by atoms with Crippen molar-refractivity contribution in [2.45, 2.75) is 18.5 Å². The van der Waals surface area contributed by atoms with Gasteiger partial charge in [-0.2, -0.15) is 26.3 Å². The number of pyridine rings is 1. The zero-order valence-corrected chi connectivity index (χ0v) is 9.09. The molecule has 0 saturated carbocycles. The van der Waals surface area contributed by atoms with E-state index in [4.69, 9.17) is 5.11 Å². The first kappa shape index (κ1) is 16.0. The summed E-state index contributed by atoms with van der Waals surface area (Å²) in [4.78, 5) is 13.4. The molecule has 0 aliphatic carbocycles. The van der Waals surface area contributed by atoms with Gasteiger partial charge in [0.2, 0.25) is 5.88 Å². The summed E-state index contributed by atoms with van der Waals surface area (Å²) in [5.41, 5.74) is -1.26. The smallest absolute Gasteiger partial charge is 0.434 e. The number of halogens is 7. The number of aromatic nitrogens is 1. The predicted octanol–water partition coefficient (Wildman–Crippen LogP) is 2.79. The van der Waals surface area contributed by atoms with Gasteiger partial charge in [-0.05, 0) is 6.07 Å². The Morgan fingerprint density at radius 1 is 1.20 bits per heavy atom. The second kappa shape index (κ2) is 5.13. The number of aromatic carboxylic acids is 1. The van der Waals surface area contributed by atoms with Crippen molar-refractivity contribution in [3.8, 4) is 5.88 Å². The fourth-order valence-electron chi connectivity index (χ4n) is 1.10. The zero-order chi connectivity index (χ0) is 15.7. The molecule has 11 heteroatoms. The summed E-state index contributed by atoms with van der Waals surface area (Å²) in [5, 5.41) is 8.56. The van der Waals surface area contributed by atoms with E-state index in [0.717, 1.165) is 0 Å². The van der Waals surface area contributed by atoms with Gasteiger partial charge in [-0.1, -0.05) is 0 Å². The van der Waals surface area contributed by atoms with Crippen molar-refractivity contribution < 1.29 is 45.4 Å². The summed E-state index contributed by atoms with van der Waals surface area (Å²) in [6.07, 6.45) is -15.7. The van der Waals surface area contributed by atoms with E-state index < -0.39 is 41.7 Å². The highest BCUT2D eigenvalue weighted by atomic mass is 19.4. The Morgan fingerprint density at radius 3 is 2.10 bits per heavy atom. The number of alkyl halides is 6. The molecular formula is C9H4F7NO3. The molecule has 112 valence electrons. The van der Waals surface area contributed by atoms with Crippen molar-refractivity contribution in [2.75, 3.05) is 0 Å². The van der Waals surface area contributed by atoms with E-state index in [1.165, 1.54) is 0 Å². The summed E-state index contributed by atoms with van der Waals surface area (Å²) in [7, 11) is 0. The summed E-state index contributed by atoms with van der Waals surface area (Å²) < 4.78 is 89.6. The van der Waals surface area contributed by atoms with Gasteiger partial charge in [0.1, 0.15) is 11.4 Å². The van der Waals surface area contributed by atoms with Crippen LogP contribution in [0.2, 0.25) is 0 Å². The molecule has 1 rings (SSSR count). The Hall–Kier alpha value is -2.07. The van der Waals surface area contributed by atoms with Crippen LogP contribution in [-0.4, -0.2) is 34.5 Å². The molecule has 20 heavy (non-hydrogen) atoms. The van der Waals surface area contributed by atoms with Crippen LogP contribution in [0, 0.1) is 5.82 Å². The van der Waals surface area contributed by atoms with E-state index in [-0.39, 0.29) is 12.3 Å². The van der Waals surface area contributed by atoms with Crippen molar-refractivity contribution in [1.29, 1.82) is 0 Å². The van der Waals surface area contributed by atoms with Crippen molar-refractivity contribution in [2.24, 2.45) is 0 Å². The number of carbonyl (C=O) groups is 1. The van der Waals surface area contributed by atoms with E-state index in [2.05, 4.69) is 9.72 Å². The fourth-order valence-corrected chi connectivity index (χ4v) is 1.10. The van der Waals surface area contributed by atoms with Gasteiger partial charge in [0.05, 0.1) is 6.20 Å². The molecule has 0 spiro atoms. The van der Waals surface area contributed by atoms with Crippen molar-refractivity contribution in [1.82, 2.24) is 4.98 Å². The molecule has 0 aliphatic heterocycles. The number of hydrogen-bond acceptors (Lipinski definition) is 3. The van der Waals surface area contributed by atoms with Gasteiger partial charge in [-0.25, -0.2) is 14.2 Å². The maximum absolute atomic E-state index is 12.7. The van der Waals surface area contributed by atoms with E-state index >= 15 is 0 Å². The van der Waals surface area contributed by atoms with Gasteiger partial charge in [0.15, 0.2) is 0 Å². The van der Waals surface area contributed by atoms with E-state index in [1.807, 2.05) is 0 Å². The van der Waals surface area contributed by atoms with Crippen molar-refractivity contribution >= 4 is 5.97 Å². The van der Waals surface area contributed by atoms with Gasteiger partial charge in [-0.3, -0.25) is 0 Å². The molecule has 0 unspecified atom stereocenters. The second-order valence-corrected chi connectivity index (χ2v) is 3.39. The lowest BCUT2D eigenvalue weighted by atomic mass is 10.2. The minimum Gasteiger partial charge on any atom is -0.477 e. The third kappa shape index (κ3) is 3.71. The first-order valence-corrected chi connectivity index (χ1v) is 4.62. The largest absolute Gasteiger partial charge is 0.477 e. The van der Waals surface area contributed by atoms with Crippen LogP contribution in [-0.2, 0) is 0 Å². The zero-order valence-electron chi connectivity index (χ0n) is 9.09. The monoisotopic (exact) mass is 307 g/mol. The number of ether oxygens (including phenoxy) is 1. The van der Waals surface area contributed by atoms with Crippen LogP contribution in [0.1, 0.15) is 10.4 Å². The maximum Gasteiger partial charge on any atom is 0.434 e. The van der Waals surface area contributed by atoms with Crippen LogP contribution in [0.25, 0.3) is 0 Å². The third-order valence-corrected chi connectivity index (χ3v) is 1.87. The SMILES string of the molecule is O=C(O)c1cc(F)cnc1OC(C(F)(F)F)C(F)(F)F. The number of carboxylic acids is 1. The Morgan fingerprint density at radius 2 is 1.70 bits per heavy atom. The standard InChI is InChI=1S/C9H4F7NO3/c10-3-1-4(6(18)19)5(17-2-3)20-7(8(11,12)13)9(14,15)16/h1-2,7H,(H,18,19). The molecule has 1 aromatic heterocycles. The fraction of sp³-hybridized carbons (Fsp3) is 0.333. The van der Waals surface area contributed by atoms with Crippen LogP contribution in [0.5, 0.6) is 5.88 Å². The van der Waals surface area contributed by atoms with Crippen LogP contribution in [0.3, 0.4) is 0 Å². The van der Waals surface area contributed by atoms with E-state index in [9.17, 15) is 35.5 Å². The van der Waals surface area contributed by atoms with Crippen LogP contribution >= 0.6 is 0 Å². The number of rotatable bonds is 3. The molecule has 0 bridgehead atoms. The predicted molar refractivity (Wildman–Crippen MR) is 47.7 cm³/mol. The molecule has 1 aromatic rings. The number of carboxylic acid groups (broad SMARTS) is 1. The molecule has 0 amide bonds. The molecule has 0 aliphatic rings. The van der Waals surface area contributed by atoms with Gasteiger partial charge in [-0.15, -0.1) is 0 Å². The van der Waals surface area contributed by atoms with Gasteiger partial charge in [0, 0.05) is 0 Å². The Kier molecular flexibility index (Phi) is 4.10. The molecule has 0 saturated heterocycles. The lowest BCUT2D eigenvalue weighted by Gasteiger charge is -2.23. The third-order valence-electron chi connectivity index (χ3n) is 1.87. The molecule has 0 atom stereocenters.